The molecule has 0 saturated heterocycles. The van der Waals surface area contributed by atoms with E-state index in [2.05, 4.69) is 27.6 Å². The Morgan fingerprint density at radius 2 is 2.05 bits per heavy atom. The molecule has 0 spiro atoms. The Morgan fingerprint density at radius 1 is 1.21 bits per heavy atom. The summed E-state index contributed by atoms with van der Waals surface area (Å²) in [7, 11) is 3.91. The maximum absolute atomic E-state index is 4.60. The molecular formula is C14H17N5. The molecule has 2 aromatic heterocycles. The summed E-state index contributed by atoms with van der Waals surface area (Å²) in [6, 6.07) is 10.3. The standard InChI is InChI=1S/C14H17N5/c1-15-9-11-7-8-16-19(11)10-13-12-5-3-4-6-14(12)18(2)17-13/h3-8,15H,9-10H2,1-2H3. The normalized spacial score (nSPS) is 11.3. The Labute approximate surface area is 111 Å². The van der Waals surface area contributed by atoms with Crippen molar-refractivity contribution in [3.05, 3.63) is 47.9 Å². The molecule has 0 saturated carbocycles. The fourth-order valence-electron chi connectivity index (χ4n) is 2.38. The molecule has 5 nitrogen and oxygen atoms in total. The van der Waals surface area contributed by atoms with Crippen molar-refractivity contribution in [2.75, 3.05) is 7.05 Å². The number of hydrogen-bond donors (Lipinski definition) is 1. The summed E-state index contributed by atoms with van der Waals surface area (Å²) < 4.78 is 3.91. The quantitative estimate of drug-likeness (QED) is 0.769. The van der Waals surface area contributed by atoms with Crippen LogP contribution < -0.4 is 5.32 Å². The highest BCUT2D eigenvalue weighted by Gasteiger charge is 2.10. The summed E-state index contributed by atoms with van der Waals surface area (Å²) in [5, 5.41) is 13.3. The zero-order valence-electron chi connectivity index (χ0n) is 11.2. The van der Waals surface area contributed by atoms with Gasteiger partial charge in [-0.15, -0.1) is 0 Å². The van der Waals surface area contributed by atoms with Gasteiger partial charge in [0.15, 0.2) is 0 Å². The first-order valence-electron chi connectivity index (χ1n) is 6.35. The molecular weight excluding hydrogens is 238 g/mol. The number of benzene rings is 1. The number of aryl methyl sites for hydroxylation is 1. The van der Waals surface area contributed by atoms with E-state index in [4.69, 9.17) is 0 Å². The van der Waals surface area contributed by atoms with Crippen LogP contribution in [0.15, 0.2) is 36.5 Å². The van der Waals surface area contributed by atoms with Crippen LogP contribution in [0.25, 0.3) is 10.9 Å². The second-order valence-electron chi connectivity index (χ2n) is 4.60. The third-order valence-corrected chi connectivity index (χ3v) is 3.30. The number of rotatable bonds is 4. The SMILES string of the molecule is CNCc1ccnn1Cc1nn(C)c2ccccc12. The zero-order valence-corrected chi connectivity index (χ0v) is 11.2. The molecule has 0 amide bonds. The van der Waals surface area contributed by atoms with Crippen LogP contribution >= 0.6 is 0 Å². The lowest BCUT2D eigenvalue weighted by Gasteiger charge is -2.05. The minimum atomic E-state index is 0.700. The van der Waals surface area contributed by atoms with Crippen molar-refractivity contribution >= 4 is 10.9 Å². The number of hydrogen-bond acceptors (Lipinski definition) is 3. The number of fused-ring (bicyclic) bond motifs is 1. The van der Waals surface area contributed by atoms with E-state index >= 15 is 0 Å². The Balaban J connectivity index is 1.99. The predicted molar refractivity (Wildman–Crippen MR) is 74.8 cm³/mol. The van der Waals surface area contributed by atoms with Crippen molar-refractivity contribution in [3.8, 4) is 0 Å². The van der Waals surface area contributed by atoms with E-state index in [1.54, 1.807) is 0 Å². The molecule has 98 valence electrons. The third-order valence-electron chi connectivity index (χ3n) is 3.30. The lowest BCUT2D eigenvalue weighted by molar-refractivity contribution is 0.606. The summed E-state index contributed by atoms with van der Waals surface area (Å²) in [6.45, 7) is 1.51. The van der Waals surface area contributed by atoms with Crippen molar-refractivity contribution in [1.29, 1.82) is 0 Å². The summed E-state index contributed by atoms with van der Waals surface area (Å²) in [5.41, 5.74) is 3.37. The zero-order chi connectivity index (χ0) is 13.2. The summed E-state index contributed by atoms with van der Waals surface area (Å²) in [4.78, 5) is 0. The molecule has 0 aliphatic carbocycles. The van der Waals surface area contributed by atoms with Gasteiger partial charge in [0.05, 0.1) is 23.4 Å². The van der Waals surface area contributed by atoms with E-state index in [1.165, 1.54) is 5.39 Å². The maximum atomic E-state index is 4.60. The first kappa shape index (κ1) is 11.9. The van der Waals surface area contributed by atoms with Gasteiger partial charge in [0.25, 0.3) is 0 Å². The molecule has 19 heavy (non-hydrogen) atoms. The molecule has 0 unspecified atom stereocenters. The van der Waals surface area contributed by atoms with Crippen LogP contribution in [-0.4, -0.2) is 26.6 Å². The summed E-state index contributed by atoms with van der Waals surface area (Å²) in [5.74, 6) is 0. The van der Waals surface area contributed by atoms with Crippen LogP contribution in [0.4, 0.5) is 0 Å². The largest absolute Gasteiger partial charge is 0.314 e. The number of nitrogens with one attached hydrogen (secondary N) is 1. The van der Waals surface area contributed by atoms with Crippen molar-refractivity contribution in [2.24, 2.45) is 7.05 Å². The van der Waals surface area contributed by atoms with Crippen LogP contribution in [0.5, 0.6) is 0 Å². The lowest BCUT2D eigenvalue weighted by atomic mass is 10.2. The predicted octanol–water partition coefficient (Wildman–Crippen LogP) is 1.54. The van der Waals surface area contributed by atoms with E-state index < -0.39 is 0 Å². The molecule has 0 bridgehead atoms. The van der Waals surface area contributed by atoms with Crippen molar-refractivity contribution in [3.63, 3.8) is 0 Å². The van der Waals surface area contributed by atoms with Crippen LogP contribution in [0.3, 0.4) is 0 Å². The van der Waals surface area contributed by atoms with Gasteiger partial charge in [-0.3, -0.25) is 9.36 Å². The van der Waals surface area contributed by atoms with Gasteiger partial charge in [-0.25, -0.2) is 0 Å². The molecule has 0 aliphatic rings. The van der Waals surface area contributed by atoms with Gasteiger partial charge in [0.1, 0.15) is 0 Å². The van der Waals surface area contributed by atoms with Crippen LogP contribution in [0.2, 0.25) is 0 Å². The highest BCUT2D eigenvalue weighted by atomic mass is 15.3. The van der Waals surface area contributed by atoms with Crippen LogP contribution in [0.1, 0.15) is 11.4 Å². The Morgan fingerprint density at radius 3 is 2.89 bits per heavy atom. The first-order chi connectivity index (χ1) is 9.29. The molecule has 0 radical (unpaired) electrons. The average molecular weight is 255 g/mol. The Kier molecular flexibility index (Phi) is 3.05. The average Bonchev–Trinajstić information content (AvgIpc) is 2.98. The van der Waals surface area contributed by atoms with E-state index in [9.17, 15) is 0 Å². The molecule has 3 aromatic rings. The topological polar surface area (TPSA) is 47.7 Å². The minimum Gasteiger partial charge on any atom is -0.314 e. The van der Waals surface area contributed by atoms with Crippen molar-refractivity contribution in [2.45, 2.75) is 13.1 Å². The molecule has 3 rings (SSSR count). The Bertz CT molecular complexity index is 695. The first-order valence-corrected chi connectivity index (χ1v) is 6.35. The van der Waals surface area contributed by atoms with Crippen LogP contribution in [0, 0.1) is 0 Å². The van der Waals surface area contributed by atoms with Gasteiger partial charge in [-0.2, -0.15) is 10.2 Å². The van der Waals surface area contributed by atoms with Crippen molar-refractivity contribution in [1.82, 2.24) is 24.9 Å². The van der Waals surface area contributed by atoms with Gasteiger partial charge in [-0.05, 0) is 19.2 Å². The minimum absolute atomic E-state index is 0.700. The van der Waals surface area contributed by atoms with E-state index in [-0.39, 0.29) is 0 Å². The van der Waals surface area contributed by atoms with Gasteiger partial charge in [0, 0.05) is 25.2 Å². The van der Waals surface area contributed by atoms with E-state index in [0.717, 1.165) is 23.4 Å². The molecule has 0 fully saturated rings. The number of aromatic nitrogens is 4. The van der Waals surface area contributed by atoms with Gasteiger partial charge >= 0.3 is 0 Å². The third kappa shape index (κ3) is 2.13. The van der Waals surface area contributed by atoms with E-state index in [1.807, 2.05) is 47.9 Å². The molecule has 5 heteroatoms. The number of para-hydroxylation sites is 1. The highest BCUT2D eigenvalue weighted by molar-refractivity contribution is 5.81. The lowest BCUT2D eigenvalue weighted by Crippen LogP contribution is -2.13. The molecule has 1 aromatic carbocycles. The smallest absolute Gasteiger partial charge is 0.0918 e. The molecule has 0 aliphatic heterocycles. The molecule has 1 N–H and O–H groups in total. The highest BCUT2D eigenvalue weighted by Crippen LogP contribution is 2.18. The fraction of sp³-hybridized carbons (Fsp3) is 0.286. The maximum Gasteiger partial charge on any atom is 0.0918 e. The molecule has 0 atom stereocenters. The van der Waals surface area contributed by atoms with Gasteiger partial charge < -0.3 is 5.32 Å². The number of nitrogens with zero attached hydrogens (tertiary/aromatic N) is 4. The monoisotopic (exact) mass is 255 g/mol. The van der Waals surface area contributed by atoms with E-state index in [0.29, 0.717) is 6.54 Å². The fourth-order valence-corrected chi connectivity index (χ4v) is 2.38. The van der Waals surface area contributed by atoms with Gasteiger partial charge in [-0.1, -0.05) is 18.2 Å². The second-order valence-corrected chi connectivity index (χ2v) is 4.60. The Hall–Kier alpha value is -2.14. The second kappa shape index (κ2) is 4.85. The molecule has 2 heterocycles. The summed E-state index contributed by atoms with van der Waals surface area (Å²) in [6.07, 6.45) is 1.83. The van der Waals surface area contributed by atoms with Gasteiger partial charge in [0.2, 0.25) is 0 Å². The summed E-state index contributed by atoms with van der Waals surface area (Å²) >= 11 is 0. The van der Waals surface area contributed by atoms with Crippen LogP contribution in [-0.2, 0) is 20.1 Å². The van der Waals surface area contributed by atoms with Crippen molar-refractivity contribution < 1.29 is 0 Å².